The monoisotopic (exact) mass is 1300 g/mol. The van der Waals surface area contributed by atoms with Gasteiger partial charge in [-0.15, -0.1) is 0 Å². The smallest absolute Gasteiger partial charge is 0.0464 e. The zero-order valence-electron chi connectivity index (χ0n) is 54.5. The summed E-state index contributed by atoms with van der Waals surface area (Å²) in [5.74, 6) is 0. The van der Waals surface area contributed by atoms with Crippen LogP contribution in [0.1, 0.15) is 121 Å². The van der Waals surface area contributed by atoms with Crippen LogP contribution in [0.2, 0.25) is 0 Å². The molecule has 0 unspecified atom stereocenters. The molecule has 0 amide bonds. The minimum absolute atomic E-state index is 1.03. The minimum atomic E-state index is 1.03. The van der Waals surface area contributed by atoms with Crippen LogP contribution in [0, 0.1) is 55.4 Å². The highest BCUT2D eigenvalue weighted by molar-refractivity contribution is 9.10. The Hall–Kier alpha value is -8.02. The van der Waals surface area contributed by atoms with Gasteiger partial charge in [-0.1, -0.05) is 217 Å². The summed E-state index contributed by atoms with van der Waals surface area (Å²) >= 11 is 7.28. The average Bonchev–Trinajstić information content (AvgIpc) is 0.925. The Morgan fingerprint density at radius 2 is 0.533 bits per heavy atom. The highest BCUT2D eigenvalue weighted by Crippen LogP contribution is 2.45. The molecule has 90 heavy (non-hydrogen) atoms. The molecule has 2 nitrogen and oxygen atoms in total. The van der Waals surface area contributed by atoms with E-state index in [9.17, 15) is 0 Å². The van der Waals surface area contributed by atoms with Crippen molar-refractivity contribution in [1.29, 1.82) is 0 Å². The highest BCUT2D eigenvalue weighted by atomic mass is 79.9. The molecule has 11 aromatic rings. The molecule has 11 rings (SSSR count). The summed E-state index contributed by atoms with van der Waals surface area (Å²) in [4.78, 5) is 4.87. The average molecular weight is 1310 g/mol. The first-order valence-corrected chi connectivity index (χ1v) is 34.3. The zero-order chi connectivity index (χ0) is 63.0. The lowest BCUT2D eigenvalue weighted by Gasteiger charge is -2.28. The fourth-order valence-corrected chi connectivity index (χ4v) is 14.4. The number of anilines is 6. The molecule has 0 saturated heterocycles. The quantitative estimate of drug-likeness (QED) is 0.0624. The number of aryl methyl sites for hydroxylation is 10. The van der Waals surface area contributed by atoms with E-state index >= 15 is 0 Å². The molecule has 0 bridgehead atoms. The number of nitrogens with zero attached hydrogens (tertiary/aromatic N) is 2. The van der Waals surface area contributed by atoms with Crippen molar-refractivity contribution in [3.8, 4) is 66.8 Å². The molecule has 0 spiro atoms. The number of benzene rings is 11. The van der Waals surface area contributed by atoms with Crippen LogP contribution >= 0.6 is 31.9 Å². The van der Waals surface area contributed by atoms with Gasteiger partial charge < -0.3 is 9.80 Å². The van der Waals surface area contributed by atoms with Crippen LogP contribution in [0.5, 0.6) is 0 Å². The largest absolute Gasteiger partial charge is 0.310 e. The van der Waals surface area contributed by atoms with E-state index in [0.717, 1.165) is 68.8 Å². The lowest BCUT2D eigenvalue weighted by atomic mass is 9.84. The maximum absolute atomic E-state index is 3.64. The fourth-order valence-electron chi connectivity index (χ4n) is 13.9. The normalized spacial score (nSPS) is 11.3. The van der Waals surface area contributed by atoms with Gasteiger partial charge in [-0.2, -0.15) is 0 Å². The second-order valence-electron chi connectivity index (χ2n) is 25.2. The van der Waals surface area contributed by atoms with E-state index in [0.29, 0.717) is 0 Å². The lowest BCUT2D eigenvalue weighted by Crippen LogP contribution is -2.10. The molecule has 0 N–H and O–H groups in total. The molecular formula is C86H86Br2N2. The molecule has 0 atom stereocenters. The van der Waals surface area contributed by atoms with E-state index < -0.39 is 0 Å². The van der Waals surface area contributed by atoms with Crippen LogP contribution in [-0.4, -0.2) is 0 Å². The van der Waals surface area contributed by atoms with Crippen molar-refractivity contribution >= 4 is 66.0 Å². The van der Waals surface area contributed by atoms with Crippen molar-refractivity contribution in [2.75, 3.05) is 9.80 Å². The number of rotatable bonds is 22. The summed E-state index contributed by atoms with van der Waals surface area (Å²) in [6.07, 6.45) is 11.7. The van der Waals surface area contributed by atoms with Crippen LogP contribution in [0.4, 0.5) is 34.1 Å². The third kappa shape index (κ3) is 14.4. The van der Waals surface area contributed by atoms with Crippen LogP contribution in [-0.2, 0) is 12.8 Å². The van der Waals surface area contributed by atoms with Gasteiger partial charge in [0.25, 0.3) is 0 Å². The Bertz CT molecular complexity index is 3950. The number of hydrogen-bond donors (Lipinski definition) is 0. The van der Waals surface area contributed by atoms with Gasteiger partial charge in [-0.05, 0) is 289 Å². The predicted octanol–water partition coefficient (Wildman–Crippen LogP) is 26.9. The molecule has 0 saturated carbocycles. The van der Waals surface area contributed by atoms with E-state index in [1.807, 2.05) is 0 Å². The van der Waals surface area contributed by atoms with Gasteiger partial charge in [-0.3, -0.25) is 0 Å². The van der Waals surface area contributed by atoms with E-state index in [4.69, 9.17) is 0 Å². The van der Waals surface area contributed by atoms with Crippen LogP contribution in [0.25, 0.3) is 66.8 Å². The maximum Gasteiger partial charge on any atom is 0.0464 e. The maximum atomic E-state index is 3.64. The van der Waals surface area contributed by atoms with Crippen molar-refractivity contribution in [3.05, 3.63) is 283 Å². The third-order valence-corrected chi connectivity index (χ3v) is 19.3. The molecule has 0 aliphatic rings. The van der Waals surface area contributed by atoms with E-state index in [-0.39, 0.29) is 0 Å². The first kappa shape index (κ1) is 63.5. The van der Waals surface area contributed by atoms with Gasteiger partial charge in [0.15, 0.2) is 0 Å². The summed E-state index contributed by atoms with van der Waals surface area (Å²) in [5.41, 5.74) is 35.2. The molecule has 0 fully saturated rings. The molecule has 0 heterocycles. The fraction of sp³-hybridized carbons (Fsp3) is 0.233. The van der Waals surface area contributed by atoms with E-state index in [1.165, 1.54) is 161 Å². The molecule has 454 valence electrons. The summed E-state index contributed by atoms with van der Waals surface area (Å²) in [6, 6.07) is 82.6. The van der Waals surface area contributed by atoms with Crippen molar-refractivity contribution in [3.63, 3.8) is 0 Å². The standard InChI is InChI=1S/C86H86Br2N2/c1-11-13-15-17-19-71-55-84(82-48-46-80(54-60(82)6)90(76-39-27-68(28-40-76)66-23-35-74(88)36-24-66)78-43-31-70(32-44-78)86-63(9)51-58(4)52-64(86)10)72(20-18-16-14-12-2)56-83(71)81-47-45-79(53-59(81)5)89(75-37-25-67(26-38-75)65-21-33-73(87)34-22-65)77-41-29-69(30-42-77)85-61(7)49-57(3)50-62(85)8/h21-56H,11-20H2,1-10H3. The van der Waals surface area contributed by atoms with Crippen molar-refractivity contribution in [1.82, 2.24) is 0 Å². The molecule has 0 radical (unpaired) electrons. The van der Waals surface area contributed by atoms with Crippen LogP contribution < -0.4 is 9.80 Å². The van der Waals surface area contributed by atoms with Crippen molar-refractivity contribution < 1.29 is 0 Å². The van der Waals surface area contributed by atoms with Gasteiger partial charge in [0.2, 0.25) is 0 Å². The summed E-state index contributed by atoms with van der Waals surface area (Å²) < 4.78 is 2.16. The summed E-state index contributed by atoms with van der Waals surface area (Å²) in [7, 11) is 0. The van der Waals surface area contributed by atoms with Crippen LogP contribution in [0.15, 0.2) is 227 Å². The number of unbranched alkanes of at least 4 members (excludes halogenated alkanes) is 6. The number of halogens is 2. The lowest BCUT2D eigenvalue weighted by molar-refractivity contribution is 0.664. The molecular weight excluding hydrogens is 1220 g/mol. The first-order valence-electron chi connectivity index (χ1n) is 32.7. The molecule has 4 heteroatoms. The first-order chi connectivity index (χ1) is 43.6. The van der Waals surface area contributed by atoms with Gasteiger partial charge in [-0.25, -0.2) is 0 Å². The van der Waals surface area contributed by atoms with Gasteiger partial charge >= 0.3 is 0 Å². The minimum Gasteiger partial charge on any atom is -0.310 e. The van der Waals surface area contributed by atoms with Gasteiger partial charge in [0.1, 0.15) is 0 Å². The predicted molar refractivity (Wildman–Crippen MR) is 397 cm³/mol. The molecule has 0 aliphatic heterocycles. The second-order valence-corrected chi connectivity index (χ2v) is 27.0. The third-order valence-electron chi connectivity index (χ3n) is 18.2. The van der Waals surface area contributed by atoms with Crippen molar-refractivity contribution in [2.45, 2.75) is 133 Å². The van der Waals surface area contributed by atoms with Gasteiger partial charge in [0, 0.05) is 43.1 Å². The topological polar surface area (TPSA) is 6.48 Å². The zero-order valence-corrected chi connectivity index (χ0v) is 57.7. The summed E-state index contributed by atoms with van der Waals surface area (Å²) in [5, 5.41) is 0. The highest BCUT2D eigenvalue weighted by Gasteiger charge is 2.22. The Balaban J connectivity index is 0.995. The summed E-state index contributed by atoms with van der Waals surface area (Å²) in [6.45, 7) is 22.6. The Kier molecular flexibility index (Phi) is 20.4. The van der Waals surface area contributed by atoms with Crippen molar-refractivity contribution in [2.24, 2.45) is 0 Å². The van der Waals surface area contributed by atoms with E-state index in [2.05, 4.69) is 329 Å². The second kappa shape index (κ2) is 28.9. The number of hydrogen-bond acceptors (Lipinski definition) is 2. The molecule has 11 aromatic carbocycles. The van der Waals surface area contributed by atoms with E-state index in [1.54, 1.807) is 0 Å². The van der Waals surface area contributed by atoms with Crippen LogP contribution in [0.3, 0.4) is 0 Å². The SMILES string of the molecule is CCCCCCc1cc(-c2ccc(N(c3ccc(-c4ccc(Br)cc4)cc3)c3ccc(-c4c(C)cc(C)cc4C)cc3)cc2C)c(CCCCCC)cc1-c1ccc(N(c2ccc(-c3ccc(Br)cc3)cc2)c2ccc(-c3c(C)cc(C)cc3C)cc2)cc1C. The Morgan fingerprint density at radius 1 is 0.256 bits per heavy atom. The molecule has 0 aliphatic carbocycles. The Labute approximate surface area is 555 Å². The molecule has 0 aromatic heterocycles. The Morgan fingerprint density at radius 3 is 0.822 bits per heavy atom. The van der Waals surface area contributed by atoms with Gasteiger partial charge in [0.05, 0.1) is 0 Å².